The molecule has 0 fully saturated rings. The maximum Gasteiger partial charge on any atom is 0.223 e. The van der Waals surface area contributed by atoms with Crippen molar-refractivity contribution in [1.82, 2.24) is 15.5 Å². The third-order valence-corrected chi connectivity index (χ3v) is 2.77. The van der Waals surface area contributed by atoms with E-state index in [2.05, 4.69) is 22.4 Å². The van der Waals surface area contributed by atoms with Crippen molar-refractivity contribution in [2.45, 2.75) is 27.0 Å². The smallest absolute Gasteiger partial charge is 0.223 e. The minimum absolute atomic E-state index is 0.267. The monoisotopic (exact) mass is 277 g/mol. The van der Waals surface area contributed by atoms with Crippen LogP contribution in [0, 0.1) is 6.92 Å². The van der Waals surface area contributed by atoms with E-state index in [1.807, 2.05) is 18.2 Å². The third-order valence-electron chi connectivity index (χ3n) is 2.77. The summed E-state index contributed by atoms with van der Waals surface area (Å²) < 4.78 is 15.9. The molecule has 0 saturated heterocycles. The van der Waals surface area contributed by atoms with Gasteiger partial charge < -0.3 is 19.3 Å². The summed E-state index contributed by atoms with van der Waals surface area (Å²) in [6, 6.07) is 5.76. The van der Waals surface area contributed by atoms with Crippen molar-refractivity contribution in [3.8, 4) is 11.5 Å². The molecule has 0 aliphatic rings. The van der Waals surface area contributed by atoms with Crippen LogP contribution in [0.25, 0.3) is 0 Å². The van der Waals surface area contributed by atoms with Crippen molar-refractivity contribution in [3.05, 3.63) is 35.5 Å². The number of nitrogens with one attached hydrogen (secondary N) is 1. The fourth-order valence-electron chi connectivity index (χ4n) is 1.74. The summed E-state index contributed by atoms with van der Waals surface area (Å²) in [5.41, 5.74) is 1.06. The van der Waals surface area contributed by atoms with Gasteiger partial charge in [-0.1, -0.05) is 18.1 Å². The Kier molecular flexibility index (Phi) is 4.95. The molecule has 2 aromatic rings. The summed E-state index contributed by atoms with van der Waals surface area (Å²) in [4.78, 5) is 4.11. The Bertz CT molecular complexity index is 554. The molecule has 6 nitrogen and oxygen atoms in total. The lowest BCUT2D eigenvalue weighted by Crippen LogP contribution is -2.13. The van der Waals surface area contributed by atoms with Crippen molar-refractivity contribution in [2.75, 3.05) is 13.7 Å². The Labute approximate surface area is 118 Å². The van der Waals surface area contributed by atoms with E-state index in [9.17, 15) is 0 Å². The molecule has 1 aromatic heterocycles. The average Bonchev–Trinajstić information content (AvgIpc) is 2.89. The van der Waals surface area contributed by atoms with Crippen molar-refractivity contribution < 1.29 is 14.0 Å². The van der Waals surface area contributed by atoms with Crippen LogP contribution in [0.2, 0.25) is 0 Å². The van der Waals surface area contributed by atoms with Crippen LogP contribution < -0.4 is 14.8 Å². The lowest BCUT2D eigenvalue weighted by molar-refractivity contribution is 0.280. The Hall–Kier alpha value is -2.08. The van der Waals surface area contributed by atoms with E-state index >= 15 is 0 Å². The quantitative estimate of drug-likeness (QED) is 0.835. The lowest BCUT2D eigenvalue weighted by atomic mass is 10.2. The molecule has 0 unspecified atom stereocenters. The molecule has 1 aromatic carbocycles. The summed E-state index contributed by atoms with van der Waals surface area (Å²) in [5, 5.41) is 7.08. The molecule has 1 N–H and O–H groups in total. The average molecular weight is 277 g/mol. The van der Waals surface area contributed by atoms with Gasteiger partial charge in [-0.25, -0.2) is 0 Å². The zero-order valence-corrected chi connectivity index (χ0v) is 12.0. The third kappa shape index (κ3) is 3.71. The second-order valence-corrected chi connectivity index (χ2v) is 4.27. The topological polar surface area (TPSA) is 69.4 Å². The number of benzene rings is 1. The Morgan fingerprint density at radius 2 is 2.20 bits per heavy atom. The first-order valence-electron chi connectivity index (χ1n) is 6.52. The molecule has 0 amide bonds. The molecule has 0 radical (unpaired) electrons. The van der Waals surface area contributed by atoms with Gasteiger partial charge >= 0.3 is 0 Å². The van der Waals surface area contributed by atoms with E-state index in [-0.39, 0.29) is 6.61 Å². The van der Waals surface area contributed by atoms with Crippen LogP contribution in [-0.2, 0) is 13.2 Å². The van der Waals surface area contributed by atoms with Gasteiger partial charge in [0, 0.05) is 25.1 Å². The maximum atomic E-state index is 5.77. The summed E-state index contributed by atoms with van der Waals surface area (Å²) in [6.07, 6.45) is 0. The van der Waals surface area contributed by atoms with Gasteiger partial charge in [-0.05, 0) is 12.6 Å². The van der Waals surface area contributed by atoms with Gasteiger partial charge in [0.25, 0.3) is 0 Å². The Morgan fingerprint density at radius 1 is 1.35 bits per heavy atom. The molecule has 0 bridgehead atoms. The number of hydrogen-bond donors (Lipinski definition) is 1. The zero-order valence-electron chi connectivity index (χ0n) is 12.0. The predicted octanol–water partition coefficient (Wildman–Crippen LogP) is 2.08. The van der Waals surface area contributed by atoms with Crippen molar-refractivity contribution >= 4 is 0 Å². The SMILES string of the molecule is CCNCc1ccc(OC)cc1OCc1noc(C)n1. The van der Waals surface area contributed by atoms with Gasteiger partial charge in [0.15, 0.2) is 6.61 Å². The Balaban J connectivity index is 2.10. The molecule has 0 aliphatic carbocycles. The van der Waals surface area contributed by atoms with E-state index in [1.165, 1.54) is 0 Å². The second kappa shape index (κ2) is 6.91. The van der Waals surface area contributed by atoms with Gasteiger partial charge in [-0.15, -0.1) is 0 Å². The van der Waals surface area contributed by atoms with Crippen LogP contribution in [0.15, 0.2) is 22.7 Å². The highest BCUT2D eigenvalue weighted by Crippen LogP contribution is 2.25. The number of nitrogens with zero attached hydrogens (tertiary/aromatic N) is 2. The normalized spacial score (nSPS) is 10.6. The van der Waals surface area contributed by atoms with Gasteiger partial charge in [0.2, 0.25) is 11.7 Å². The predicted molar refractivity (Wildman–Crippen MR) is 73.7 cm³/mol. The first-order chi connectivity index (χ1) is 9.72. The van der Waals surface area contributed by atoms with Crippen LogP contribution in [-0.4, -0.2) is 23.8 Å². The molecule has 0 saturated carbocycles. The molecule has 2 rings (SSSR count). The number of rotatable bonds is 7. The molecular formula is C14H19N3O3. The number of aryl methyl sites for hydroxylation is 1. The van der Waals surface area contributed by atoms with Crippen molar-refractivity contribution in [3.63, 3.8) is 0 Å². The summed E-state index contributed by atoms with van der Waals surface area (Å²) in [7, 11) is 1.63. The highest BCUT2D eigenvalue weighted by atomic mass is 16.5. The largest absolute Gasteiger partial charge is 0.497 e. The van der Waals surface area contributed by atoms with E-state index in [0.29, 0.717) is 11.7 Å². The number of hydrogen-bond acceptors (Lipinski definition) is 6. The second-order valence-electron chi connectivity index (χ2n) is 4.27. The van der Waals surface area contributed by atoms with Crippen LogP contribution >= 0.6 is 0 Å². The number of methoxy groups -OCH3 is 1. The van der Waals surface area contributed by atoms with Crippen LogP contribution in [0.5, 0.6) is 11.5 Å². The van der Waals surface area contributed by atoms with Gasteiger partial charge in [0.05, 0.1) is 7.11 Å². The molecule has 0 atom stereocenters. The molecule has 108 valence electrons. The molecule has 20 heavy (non-hydrogen) atoms. The van der Waals surface area contributed by atoms with Gasteiger partial charge in [-0.2, -0.15) is 4.98 Å². The minimum atomic E-state index is 0.267. The highest BCUT2D eigenvalue weighted by Gasteiger charge is 2.08. The van der Waals surface area contributed by atoms with Crippen molar-refractivity contribution in [2.24, 2.45) is 0 Å². The zero-order chi connectivity index (χ0) is 14.4. The summed E-state index contributed by atoms with van der Waals surface area (Å²) >= 11 is 0. The molecule has 0 aliphatic heterocycles. The first-order valence-corrected chi connectivity index (χ1v) is 6.52. The van der Waals surface area contributed by atoms with E-state index in [1.54, 1.807) is 14.0 Å². The first kappa shape index (κ1) is 14.3. The fourth-order valence-corrected chi connectivity index (χ4v) is 1.74. The Morgan fingerprint density at radius 3 is 2.85 bits per heavy atom. The highest BCUT2D eigenvalue weighted by molar-refractivity contribution is 5.40. The van der Waals surface area contributed by atoms with Crippen LogP contribution in [0.3, 0.4) is 0 Å². The van der Waals surface area contributed by atoms with Gasteiger partial charge in [-0.3, -0.25) is 0 Å². The van der Waals surface area contributed by atoms with E-state index in [4.69, 9.17) is 14.0 Å². The van der Waals surface area contributed by atoms with Crippen LogP contribution in [0.1, 0.15) is 24.2 Å². The molecule has 0 spiro atoms. The van der Waals surface area contributed by atoms with E-state index in [0.717, 1.165) is 30.2 Å². The van der Waals surface area contributed by atoms with Gasteiger partial charge in [0.1, 0.15) is 11.5 Å². The minimum Gasteiger partial charge on any atom is -0.497 e. The molecule has 6 heteroatoms. The summed E-state index contributed by atoms with van der Waals surface area (Å²) in [5.74, 6) is 2.57. The maximum absolute atomic E-state index is 5.77. The van der Waals surface area contributed by atoms with Crippen LogP contribution in [0.4, 0.5) is 0 Å². The van der Waals surface area contributed by atoms with Crippen molar-refractivity contribution in [1.29, 1.82) is 0 Å². The number of ether oxygens (including phenoxy) is 2. The summed E-state index contributed by atoms with van der Waals surface area (Å²) in [6.45, 7) is 5.71. The standard InChI is InChI=1S/C14H19N3O3/c1-4-15-8-11-5-6-12(18-3)7-13(11)19-9-14-16-10(2)20-17-14/h5-7,15H,4,8-9H2,1-3H3. The fraction of sp³-hybridized carbons (Fsp3) is 0.429. The lowest BCUT2D eigenvalue weighted by Gasteiger charge is -2.12. The number of aromatic nitrogens is 2. The molecule has 1 heterocycles. The van der Waals surface area contributed by atoms with E-state index < -0.39 is 0 Å². The molecular weight excluding hydrogens is 258 g/mol.